The van der Waals surface area contributed by atoms with Crippen LogP contribution in [0.5, 0.6) is 5.75 Å². The van der Waals surface area contributed by atoms with Crippen molar-refractivity contribution in [2.24, 2.45) is 0 Å². The van der Waals surface area contributed by atoms with Crippen LogP contribution in [0.15, 0.2) is 90.0 Å². The molecule has 0 radical (unpaired) electrons. The fraction of sp³-hybridized carbons (Fsp3) is 0.154. The Labute approximate surface area is 192 Å². The molecule has 3 aromatic carbocycles. The molecular weight excluding hydrogens is 418 g/mol. The predicted molar refractivity (Wildman–Crippen MR) is 130 cm³/mol. The molecule has 162 valence electrons. The van der Waals surface area contributed by atoms with Crippen molar-refractivity contribution in [3.05, 3.63) is 96.2 Å². The van der Waals surface area contributed by atoms with Crippen LogP contribution in [0.3, 0.4) is 0 Å². The van der Waals surface area contributed by atoms with Crippen LogP contribution in [-0.4, -0.2) is 28.6 Å². The third-order valence-electron chi connectivity index (χ3n) is 5.04. The summed E-state index contributed by atoms with van der Waals surface area (Å²) in [5, 5.41) is 7.86. The lowest BCUT2D eigenvalue weighted by Gasteiger charge is -2.07. The van der Waals surface area contributed by atoms with E-state index in [1.807, 2.05) is 53.0 Å². The molecule has 1 heterocycles. The van der Waals surface area contributed by atoms with Gasteiger partial charge < -0.3 is 10.1 Å². The molecule has 0 saturated heterocycles. The van der Waals surface area contributed by atoms with Gasteiger partial charge in [-0.3, -0.25) is 4.79 Å². The van der Waals surface area contributed by atoms with Gasteiger partial charge in [-0.05, 0) is 54.3 Å². The van der Waals surface area contributed by atoms with E-state index in [4.69, 9.17) is 9.84 Å². The van der Waals surface area contributed by atoms with E-state index in [9.17, 15) is 4.79 Å². The van der Waals surface area contributed by atoms with Crippen LogP contribution in [0.2, 0.25) is 0 Å². The Morgan fingerprint density at radius 1 is 1.00 bits per heavy atom. The summed E-state index contributed by atoms with van der Waals surface area (Å²) in [7, 11) is 1.61. The van der Waals surface area contributed by atoms with Crippen molar-refractivity contribution in [3.63, 3.8) is 0 Å². The second kappa shape index (κ2) is 10.2. The molecule has 0 fully saturated rings. The molecule has 0 spiro atoms. The molecule has 32 heavy (non-hydrogen) atoms. The number of hydrogen-bond acceptors (Lipinski definition) is 4. The van der Waals surface area contributed by atoms with Crippen molar-refractivity contribution >= 4 is 17.7 Å². The van der Waals surface area contributed by atoms with E-state index in [2.05, 4.69) is 36.5 Å². The van der Waals surface area contributed by atoms with E-state index in [0.29, 0.717) is 12.1 Å². The number of para-hydroxylation sites is 1. The first-order valence-electron chi connectivity index (χ1n) is 10.5. The van der Waals surface area contributed by atoms with Crippen molar-refractivity contribution in [1.82, 2.24) is 15.1 Å². The highest BCUT2D eigenvalue weighted by Gasteiger charge is 2.14. The molecular formula is C26H25N3O2S. The first-order valence-corrected chi connectivity index (χ1v) is 11.5. The minimum Gasteiger partial charge on any atom is -0.497 e. The number of amides is 1. The summed E-state index contributed by atoms with van der Waals surface area (Å²) < 4.78 is 7.03. The number of thioether (sulfide) groups is 1. The van der Waals surface area contributed by atoms with Crippen molar-refractivity contribution in [3.8, 4) is 22.7 Å². The zero-order valence-corrected chi connectivity index (χ0v) is 18.9. The highest BCUT2D eigenvalue weighted by Crippen LogP contribution is 2.27. The normalized spacial score (nSPS) is 10.7. The number of nitrogens with one attached hydrogen (secondary N) is 1. The Morgan fingerprint density at radius 2 is 1.72 bits per heavy atom. The van der Waals surface area contributed by atoms with Gasteiger partial charge in [0.15, 0.2) is 0 Å². The van der Waals surface area contributed by atoms with Crippen LogP contribution in [0.1, 0.15) is 22.8 Å². The number of nitrogens with zero attached hydrogens (tertiary/aromatic N) is 2. The van der Waals surface area contributed by atoms with Crippen molar-refractivity contribution in [2.45, 2.75) is 18.4 Å². The highest BCUT2D eigenvalue weighted by molar-refractivity contribution is 7.99. The third-order valence-corrected chi connectivity index (χ3v) is 5.94. The number of ether oxygens (including phenoxy) is 1. The van der Waals surface area contributed by atoms with Gasteiger partial charge in [-0.25, -0.2) is 4.68 Å². The third kappa shape index (κ3) is 5.03. The molecule has 1 aromatic heterocycles. The van der Waals surface area contributed by atoms with Gasteiger partial charge in [0.2, 0.25) is 0 Å². The molecule has 6 heteroatoms. The molecule has 0 atom stereocenters. The van der Waals surface area contributed by atoms with Crippen LogP contribution in [-0.2, 0) is 6.54 Å². The van der Waals surface area contributed by atoms with Gasteiger partial charge in [-0.15, -0.1) is 11.8 Å². The minimum atomic E-state index is -0.138. The number of aromatic nitrogens is 2. The number of rotatable bonds is 8. The smallest absolute Gasteiger partial charge is 0.251 e. The van der Waals surface area contributed by atoms with E-state index >= 15 is 0 Å². The van der Waals surface area contributed by atoms with Gasteiger partial charge in [0.1, 0.15) is 5.75 Å². The predicted octanol–water partition coefficient (Wildman–Crippen LogP) is 5.59. The van der Waals surface area contributed by atoms with Crippen LogP contribution in [0.25, 0.3) is 16.9 Å². The summed E-state index contributed by atoms with van der Waals surface area (Å²) in [6.07, 6.45) is 1.98. The average Bonchev–Trinajstić information content (AvgIpc) is 3.28. The fourth-order valence-corrected chi connectivity index (χ4v) is 4.05. The minimum absolute atomic E-state index is 0.138. The molecule has 4 rings (SSSR count). The molecule has 1 N–H and O–H groups in total. The van der Waals surface area contributed by atoms with E-state index in [0.717, 1.165) is 34.0 Å². The van der Waals surface area contributed by atoms with Crippen molar-refractivity contribution < 1.29 is 9.53 Å². The van der Waals surface area contributed by atoms with Gasteiger partial charge in [-0.2, -0.15) is 5.10 Å². The maximum atomic E-state index is 12.7. The Kier molecular flexibility index (Phi) is 6.92. The molecule has 5 nitrogen and oxygen atoms in total. The fourth-order valence-electron chi connectivity index (χ4n) is 3.39. The van der Waals surface area contributed by atoms with Crippen LogP contribution in [0.4, 0.5) is 0 Å². The van der Waals surface area contributed by atoms with Gasteiger partial charge in [0, 0.05) is 34.3 Å². The standard InChI is InChI=1S/C26H25N3O2S/c1-3-32-24-15-11-19(12-16-24)25-21(18-29(28-25)22-7-5-4-6-8-22)17-27-26(30)20-9-13-23(31-2)14-10-20/h4-16,18H,3,17H2,1-2H3,(H,27,30). The Morgan fingerprint density at radius 3 is 2.38 bits per heavy atom. The number of carbonyl (C=O) groups excluding carboxylic acids is 1. The molecule has 0 saturated carbocycles. The van der Waals surface area contributed by atoms with Gasteiger partial charge in [-0.1, -0.05) is 37.3 Å². The molecule has 0 aliphatic heterocycles. The number of methoxy groups -OCH3 is 1. The summed E-state index contributed by atoms with van der Waals surface area (Å²) in [5.74, 6) is 1.61. The Bertz CT molecular complexity index is 1170. The second-order valence-electron chi connectivity index (χ2n) is 7.15. The first-order chi connectivity index (χ1) is 15.7. The molecule has 4 aromatic rings. The Hall–Kier alpha value is -3.51. The summed E-state index contributed by atoms with van der Waals surface area (Å²) >= 11 is 1.81. The number of hydrogen-bond donors (Lipinski definition) is 1. The molecule has 0 aliphatic rings. The molecule has 0 aliphatic carbocycles. The summed E-state index contributed by atoms with van der Waals surface area (Å²) in [6.45, 7) is 2.52. The molecule has 0 bridgehead atoms. The van der Waals surface area contributed by atoms with Gasteiger partial charge in [0.05, 0.1) is 18.5 Å². The van der Waals surface area contributed by atoms with Crippen LogP contribution >= 0.6 is 11.8 Å². The number of carbonyl (C=O) groups is 1. The van der Waals surface area contributed by atoms with Crippen LogP contribution in [0, 0.1) is 0 Å². The molecule has 1 amide bonds. The second-order valence-corrected chi connectivity index (χ2v) is 8.49. The lowest BCUT2D eigenvalue weighted by atomic mass is 10.1. The zero-order valence-electron chi connectivity index (χ0n) is 18.1. The van der Waals surface area contributed by atoms with Crippen LogP contribution < -0.4 is 10.1 Å². The SMILES string of the molecule is CCSc1ccc(-c2nn(-c3ccccc3)cc2CNC(=O)c2ccc(OC)cc2)cc1. The van der Waals surface area contributed by atoms with E-state index in [1.54, 1.807) is 31.4 Å². The van der Waals surface area contributed by atoms with Crippen molar-refractivity contribution in [1.29, 1.82) is 0 Å². The number of benzene rings is 3. The lowest BCUT2D eigenvalue weighted by Crippen LogP contribution is -2.22. The average molecular weight is 444 g/mol. The summed E-state index contributed by atoms with van der Waals surface area (Å²) in [6, 6.07) is 25.5. The summed E-state index contributed by atoms with van der Waals surface area (Å²) in [4.78, 5) is 13.9. The maximum absolute atomic E-state index is 12.7. The Balaban J connectivity index is 1.60. The van der Waals surface area contributed by atoms with E-state index in [-0.39, 0.29) is 5.91 Å². The maximum Gasteiger partial charge on any atom is 0.251 e. The first kappa shape index (κ1) is 21.7. The quantitative estimate of drug-likeness (QED) is 0.361. The van der Waals surface area contributed by atoms with E-state index in [1.165, 1.54) is 4.90 Å². The van der Waals surface area contributed by atoms with Gasteiger partial charge >= 0.3 is 0 Å². The topological polar surface area (TPSA) is 56.2 Å². The largest absolute Gasteiger partial charge is 0.497 e. The zero-order chi connectivity index (χ0) is 22.3. The van der Waals surface area contributed by atoms with Gasteiger partial charge in [0.25, 0.3) is 5.91 Å². The highest BCUT2D eigenvalue weighted by atomic mass is 32.2. The monoisotopic (exact) mass is 443 g/mol. The van der Waals surface area contributed by atoms with E-state index < -0.39 is 0 Å². The molecule has 0 unspecified atom stereocenters. The van der Waals surface area contributed by atoms with Crippen molar-refractivity contribution in [2.75, 3.05) is 12.9 Å². The lowest BCUT2D eigenvalue weighted by molar-refractivity contribution is 0.0951. The summed E-state index contributed by atoms with van der Waals surface area (Å²) in [5.41, 5.74) is 4.39.